The van der Waals surface area contributed by atoms with Gasteiger partial charge in [0.25, 0.3) is 5.91 Å². The van der Waals surface area contributed by atoms with Crippen molar-refractivity contribution >= 4 is 28.9 Å². The minimum Gasteiger partial charge on any atom is -0.495 e. The van der Waals surface area contributed by atoms with Crippen LogP contribution in [0.15, 0.2) is 60.7 Å². The Bertz CT molecular complexity index is 1130. The molecule has 0 saturated heterocycles. The number of hydrogen-bond donors (Lipinski definition) is 3. The number of anilines is 3. The molecule has 0 saturated carbocycles. The Morgan fingerprint density at radius 2 is 1.62 bits per heavy atom. The van der Waals surface area contributed by atoms with E-state index >= 15 is 0 Å². The Hall–Kier alpha value is -3.87. The third kappa shape index (κ3) is 5.43. The maximum Gasteiger partial charge on any atom is 0.255 e. The topological polar surface area (TPSA) is 79.5 Å². The highest BCUT2D eigenvalue weighted by Gasteiger charge is 2.17. The number of rotatable bonds is 7. The lowest BCUT2D eigenvalue weighted by Gasteiger charge is -2.19. The van der Waals surface area contributed by atoms with Crippen LogP contribution in [0.1, 0.15) is 28.4 Å². The van der Waals surface area contributed by atoms with Gasteiger partial charge in [-0.2, -0.15) is 0 Å². The first-order chi connectivity index (χ1) is 15.3. The number of carbonyl (C=O) groups is 2. The fourth-order valence-corrected chi connectivity index (χ4v) is 3.28. The Morgan fingerprint density at radius 1 is 0.938 bits per heavy atom. The second-order valence-corrected chi connectivity index (χ2v) is 7.50. The minimum absolute atomic E-state index is 0.187. The van der Waals surface area contributed by atoms with Crippen molar-refractivity contribution in [1.82, 2.24) is 0 Å². The normalized spacial score (nSPS) is 11.4. The highest BCUT2D eigenvalue weighted by molar-refractivity contribution is 6.05. The second kappa shape index (κ2) is 9.96. The van der Waals surface area contributed by atoms with Crippen molar-refractivity contribution in [2.24, 2.45) is 0 Å². The van der Waals surface area contributed by atoms with Gasteiger partial charge < -0.3 is 20.7 Å². The van der Waals surface area contributed by atoms with Crippen molar-refractivity contribution in [1.29, 1.82) is 0 Å². The maximum atomic E-state index is 13.4. The molecule has 0 aliphatic carbocycles. The van der Waals surface area contributed by atoms with Crippen molar-refractivity contribution in [2.75, 3.05) is 23.1 Å². The van der Waals surface area contributed by atoms with E-state index in [1.54, 1.807) is 25.1 Å². The Labute approximate surface area is 186 Å². The summed E-state index contributed by atoms with van der Waals surface area (Å²) in [6.45, 7) is 5.63. The van der Waals surface area contributed by atoms with Gasteiger partial charge in [-0.3, -0.25) is 9.59 Å². The van der Waals surface area contributed by atoms with Crippen LogP contribution < -0.4 is 20.7 Å². The predicted molar refractivity (Wildman–Crippen MR) is 125 cm³/mol. The summed E-state index contributed by atoms with van der Waals surface area (Å²) in [6.07, 6.45) is 0. The van der Waals surface area contributed by atoms with E-state index in [0.29, 0.717) is 17.1 Å². The minimum atomic E-state index is -0.547. The molecule has 0 aliphatic rings. The highest BCUT2D eigenvalue weighted by Crippen LogP contribution is 2.29. The summed E-state index contributed by atoms with van der Waals surface area (Å²) in [5.74, 6) is -0.721. The fourth-order valence-electron chi connectivity index (χ4n) is 3.28. The number of methoxy groups -OCH3 is 1. The molecular weight excluding hydrogens is 409 g/mol. The number of carbonyl (C=O) groups excluding carboxylic acids is 2. The van der Waals surface area contributed by atoms with E-state index in [0.717, 1.165) is 22.9 Å². The van der Waals surface area contributed by atoms with Crippen LogP contribution in [0.5, 0.6) is 5.75 Å². The molecule has 0 radical (unpaired) electrons. The van der Waals surface area contributed by atoms with Gasteiger partial charge in [0.1, 0.15) is 17.6 Å². The van der Waals surface area contributed by atoms with Crippen LogP contribution in [0.25, 0.3) is 0 Å². The average molecular weight is 435 g/mol. The Kier molecular flexibility index (Phi) is 7.10. The summed E-state index contributed by atoms with van der Waals surface area (Å²) in [5.41, 5.74) is 3.96. The molecule has 0 bridgehead atoms. The van der Waals surface area contributed by atoms with Crippen LogP contribution in [0, 0.1) is 19.7 Å². The molecule has 2 amide bonds. The lowest BCUT2D eigenvalue weighted by Crippen LogP contribution is -2.32. The van der Waals surface area contributed by atoms with Crippen LogP contribution in [0.3, 0.4) is 0 Å². The molecule has 6 nitrogen and oxygen atoms in total. The quantitative estimate of drug-likeness (QED) is 0.480. The van der Waals surface area contributed by atoms with E-state index in [-0.39, 0.29) is 11.5 Å². The number of aryl methyl sites for hydroxylation is 2. The summed E-state index contributed by atoms with van der Waals surface area (Å²) in [5, 5.41) is 8.83. The molecule has 3 aromatic carbocycles. The standard InChI is InChI=1S/C25H26FN3O3/c1-15-7-5-8-16(2)23(15)29-24(30)17(3)27-20-11-12-22(32-4)21(14-20)28-25(31)18-9-6-10-19(26)13-18/h5-14,17,27H,1-4H3,(H,28,31)(H,29,30). The molecule has 0 aromatic heterocycles. The molecule has 0 spiro atoms. The number of nitrogens with one attached hydrogen (secondary N) is 3. The third-order valence-electron chi connectivity index (χ3n) is 5.04. The second-order valence-electron chi connectivity index (χ2n) is 7.50. The van der Waals surface area contributed by atoms with Gasteiger partial charge in [-0.1, -0.05) is 24.3 Å². The van der Waals surface area contributed by atoms with E-state index in [4.69, 9.17) is 4.74 Å². The van der Waals surface area contributed by atoms with Crippen molar-refractivity contribution in [2.45, 2.75) is 26.8 Å². The van der Waals surface area contributed by atoms with Gasteiger partial charge in [-0.25, -0.2) is 4.39 Å². The van der Waals surface area contributed by atoms with Crippen molar-refractivity contribution < 1.29 is 18.7 Å². The van der Waals surface area contributed by atoms with E-state index < -0.39 is 17.8 Å². The molecule has 0 fully saturated rings. The highest BCUT2D eigenvalue weighted by atomic mass is 19.1. The lowest BCUT2D eigenvalue weighted by molar-refractivity contribution is -0.116. The lowest BCUT2D eigenvalue weighted by atomic mass is 10.1. The summed E-state index contributed by atoms with van der Waals surface area (Å²) < 4.78 is 18.8. The molecule has 0 aliphatic heterocycles. The molecule has 3 rings (SSSR count). The zero-order chi connectivity index (χ0) is 23.3. The number of benzene rings is 3. The molecule has 32 heavy (non-hydrogen) atoms. The first-order valence-corrected chi connectivity index (χ1v) is 10.2. The SMILES string of the molecule is COc1ccc(NC(C)C(=O)Nc2c(C)cccc2C)cc1NC(=O)c1cccc(F)c1. The van der Waals surface area contributed by atoms with E-state index in [1.807, 2.05) is 32.0 Å². The van der Waals surface area contributed by atoms with Gasteiger partial charge in [0.15, 0.2) is 0 Å². The van der Waals surface area contributed by atoms with E-state index in [2.05, 4.69) is 16.0 Å². The monoisotopic (exact) mass is 435 g/mol. The zero-order valence-electron chi connectivity index (χ0n) is 18.5. The molecular formula is C25H26FN3O3. The average Bonchev–Trinajstić information content (AvgIpc) is 2.76. The van der Waals surface area contributed by atoms with Gasteiger partial charge >= 0.3 is 0 Å². The van der Waals surface area contributed by atoms with Gasteiger partial charge in [-0.05, 0) is 68.3 Å². The summed E-state index contributed by atoms with van der Waals surface area (Å²) in [6, 6.07) is 15.8. The van der Waals surface area contributed by atoms with Gasteiger partial charge in [0, 0.05) is 16.9 Å². The van der Waals surface area contributed by atoms with Crippen LogP contribution in [0.4, 0.5) is 21.5 Å². The largest absolute Gasteiger partial charge is 0.495 e. The molecule has 0 heterocycles. The van der Waals surface area contributed by atoms with Gasteiger partial charge in [0.2, 0.25) is 5.91 Å². The summed E-state index contributed by atoms with van der Waals surface area (Å²) in [7, 11) is 1.49. The smallest absolute Gasteiger partial charge is 0.255 e. The molecule has 166 valence electrons. The summed E-state index contributed by atoms with van der Waals surface area (Å²) in [4.78, 5) is 25.2. The van der Waals surface area contributed by atoms with Crippen LogP contribution >= 0.6 is 0 Å². The fraction of sp³-hybridized carbons (Fsp3) is 0.200. The number of halogens is 1. The van der Waals surface area contributed by atoms with Crippen molar-refractivity contribution in [3.05, 3.63) is 83.2 Å². The molecule has 3 N–H and O–H groups in total. The van der Waals surface area contributed by atoms with Crippen LogP contribution in [-0.2, 0) is 4.79 Å². The molecule has 3 aromatic rings. The first-order valence-electron chi connectivity index (χ1n) is 10.2. The zero-order valence-corrected chi connectivity index (χ0v) is 18.5. The Balaban J connectivity index is 1.74. The number of hydrogen-bond acceptors (Lipinski definition) is 4. The number of para-hydroxylation sites is 1. The van der Waals surface area contributed by atoms with Gasteiger partial charge in [-0.15, -0.1) is 0 Å². The maximum absolute atomic E-state index is 13.4. The Morgan fingerprint density at radius 3 is 2.28 bits per heavy atom. The number of amides is 2. The molecule has 1 unspecified atom stereocenters. The first kappa shape index (κ1) is 22.8. The van der Waals surface area contributed by atoms with Crippen molar-refractivity contribution in [3.8, 4) is 5.75 Å². The van der Waals surface area contributed by atoms with Gasteiger partial charge in [0.05, 0.1) is 12.8 Å². The molecule has 7 heteroatoms. The van der Waals surface area contributed by atoms with Crippen molar-refractivity contribution in [3.63, 3.8) is 0 Å². The van der Waals surface area contributed by atoms with E-state index in [1.165, 1.54) is 25.3 Å². The van der Waals surface area contributed by atoms with E-state index in [9.17, 15) is 14.0 Å². The van der Waals surface area contributed by atoms with Crippen LogP contribution in [0.2, 0.25) is 0 Å². The number of ether oxygens (including phenoxy) is 1. The summed E-state index contributed by atoms with van der Waals surface area (Å²) >= 11 is 0. The predicted octanol–water partition coefficient (Wildman–Crippen LogP) is 5.14. The van der Waals surface area contributed by atoms with Crippen LogP contribution in [-0.4, -0.2) is 25.0 Å². The third-order valence-corrected chi connectivity index (χ3v) is 5.04. The molecule has 1 atom stereocenters.